The van der Waals surface area contributed by atoms with Crippen LogP contribution in [0.25, 0.3) is 10.1 Å². The van der Waals surface area contributed by atoms with Crippen LogP contribution in [0.5, 0.6) is 0 Å². The highest BCUT2D eigenvalue weighted by Gasteiger charge is 2.50. The average Bonchev–Trinajstić information content (AvgIpc) is 2.59. The van der Waals surface area contributed by atoms with E-state index in [0.29, 0.717) is 0 Å². The van der Waals surface area contributed by atoms with Gasteiger partial charge in [-0.05, 0) is 216 Å². The van der Waals surface area contributed by atoms with Gasteiger partial charge in [0.05, 0.1) is 11.4 Å². The Hall–Kier alpha value is -6.04. The third kappa shape index (κ3) is 8.53. The summed E-state index contributed by atoms with van der Waals surface area (Å²) in [6.45, 7) is 43.9. The summed E-state index contributed by atoms with van der Waals surface area (Å²) in [5, 5.41) is 1.38. The van der Waals surface area contributed by atoms with Crippen LogP contribution in [-0.4, -0.2) is 6.71 Å². The summed E-state index contributed by atoms with van der Waals surface area (Å²) < 4.78 is 2.85. The van der Waals surface area contributed by atoms with Crippen molar-refractivity contribution < 1.29 is 0 Å². The van der Waals surface area contributed by atoms with Crippen molar-refractivity contribution in [1.82, 2.24) is 0 Å². The van der Waals surface area contributed by atoms with Gasteiger partial charge in [0.15, 0.2) is 0 Å². The van der Waals surface area contributed by atoms with Gasteiger partial charge in [-0.2, -0.15) is 0 Å². The number of thiophene rings is 1. The summed E-state index contributed by atoms with van der Waals surface area (Å²) in [6.07, 6.45) is 7.01. The van der Waals surface area contributed by atoms with Crippen molar-refractivity contribution >= 4 is 95.0 Å². The molecule has 5 aliphatic rings. The zero-order valence-corrected chi connectivity index (χ0v) is 53.1. The summed E-state index contributed by atoms with van der Waals surface area (Å²) in [7, 11) is 0. The highest BCUT2D eigenvalue weighted by molar-refractivity contribution is 7.33. The van der Waals surface area contributed by atoms with Crippen molar-refractivity contribution in [3.05, 3.63) is 178 Å². The van der Waals surface area contributed by atoms with Crippen LogP contribution in [0.15, 0.2) is 133 Å². The minimum Gasteiger partial charge on any atom is -0.311 e. The highest BCUT2D eigenvalue weighted by Crippen LogP contribution is 2.57. The summed E-state index contributed by atoms with van der Waals surface area (Å²) in [5.41, 5.74) is 25.8. The van der Waals surface area contributed by atoms with E-state index in [9.17, 15) is 0 Å². The van der Waals surface area contributed by atoms with Crippen molar-refractivity contribution in [2.45, 2.75) is 206 Å². The monoisotopic (exact) mass is 1090 g/mol. The standard InChI is InChI=1S/C76H88BN3S/c1-69(2,3)47-24-28-50(29-25-47)78(49-22-20-19-21-23-49)53-41-63-66-64(42-53)80(52-32-33-55-56(40-52)72(9,10)35-34-71(55,7)8)67-54-43-57-60(76(17,18)39-36-73(57,11)12)46-65(54)81-68(67)77(66)61-44-58-59(75(15,16)38-37-74(58,13)14)45-62(61)79(63)51-30-26-48(27-31-51)70(4,5)6/h19-33,40-46H,34-39H2,1-18H3. The van der Waals surface area contributed by atoms with Crippen LogP contribution in [-0.2, 0) is 43.3 Å². The number of rotatable bonds is 5. The van der Waals surface area contributed by atoms with E-state index in [-0.39, 0.29) is 50.0 Å². The van der Waals surface area contributed by atoms with Gasteiger partial charge in [-0.1, -0.05) is 179 Å². The van der Waals surface area contributed by atoms with E-state index in [4.69, 9.17) is 0 Å². The topological polar surface area (TPSA) is 9.72 Å². The molecule has 0 spiro atoms. The Balaban J connectivity index is 1.21. The predicted molar refractivity (Wildman–Crippen MR) is 354 cm³/mol. The molecule has 416 valence electrons. The van der Waals surface area contributed by atoms with E-state index in [1.807, 2.05) is 0 Å². The molecule has 0 bridgehead atoms. The molecule has 13 rings (SSSR count). The number of hydrogen-bond acceptors (Lipinski definition) is 4. The van der Waals surface area contributed by atoms with Gasteiger partial charge in [-0.25, -0.2) is 0 Å². The van der Waals surface area contributed by atoms with Crippen molar-refractivity contribution in [2.75, 3.05) is 14.7 Å². The molecular formula is C76H88BN3S. The molecule has 1 aromatic heterocycles. The van der Waals surface area contributed by atoms with Gasteiger partial charge in [0.25, 0.3) is 6.71 Å². The summed E-state index contributed by atoms with van der Waals surface area (Å²) in [4.78, 5) is 8.01. The second-order valence-electron chi connectivity index (χ2n) is 31.5. The van der Waals surface area contributed by atoms with Crippen molar-refractivity contribution in [2.24, 2.45) is 0 Å². The van der Waals surface area contributed by atoms with Crippen LogP contribution in [0.2, 0.25) is 0 Å². The Labute approximate surface area is 491 Å². The Kier molecular flexibility index (Phi) is 11.9. The maximum Gasteiger partial charge on any atom is 0.264 e. The van der Waals surface area contributed by atoms with Crippen LogP contribution in [0.3, 0.4) is 0 Å². The molecule has 3 heterocycles. The number of para-hydroxylation sites is 1. The first kappa shape index (κ1) is 54.2. The lowest BCUT2D eigenvalue weighted by Crippen LogP contribution is -2.61. The van der Waals surface area contributed by atoms with Gasteiger partial charge in [0, 0.05) is 54.7 Å². The Morgan fingerprint density at radius 3 is 1.40 bits per heavy atom. The fourth-order valence-corrected chi connectivity index (χ4v) is 16.6. The fraction of sp³-hybridized carbons (Fsp3) is 0.421. The molecule has 0 saturated heterocycles. The van der Waals surface area contributed by atoms with E-state index in [1.165, 1.54) is 124 Å². The molecule has 0 atom stereocenters. The van der Waals surface area contributed by atoms with E-state index in [0.717, 1.165) is 36.3 Å². The van der Waals surface area contributed by atoms with E-state index < -0.39 is 0 Å². The molecule has 8 aromatic rings. The van der Waals surface area contributed by atoms with Crippen LogP contribution >= 0.6 is 11.3 Å². The molecule has 0 N–H and O–H groups in total. The zero-order valence-electron chi connectivity index (χ0n) is 52.3. The number of fused-ring (bicyclic) bond motifs is 9. The number of nitrogens with zero attached hydrogens (tertiary/aromatic N) is 3. The molecule has 0 radical (unpaired) electrons. The Morgan fingerprint density at radius 2 is 0.852 bits per heavy atom. The minimum absolute atomic E-state index is 0.0102. The van der Waals surface area contributed by atoms with Crippen LogP contribution in [0.4, 0.5) is 51.2 Å². The summed E-state index contributed by atoms with van der Waals surface area (Å²) in [6, 6.07) is 53.8. The minimum atomic E-state index is -0.0127. The smallest absolute Gasteiger partial charge is 0.264 e. The van der Waals surface area contributed by atoms with E-state index in [1.54, 1.807) is 0 Å². The largest absolute Gasteiger partial charge is 0.311 e. The quantitative estimate of drug-likeness (QED) is 0.159. The number of anilines is 9. The molecular weight excluding hydrogens is 998 g/mol. The highest BCUT2D eigenvalue weighted by atomic mass is 32.1. The molecule has 0 amide bonds. The van der Waals surface area contributed by atoms with Crippen LogP contribution in [0, 0.1) is 0 Å². The van der Waals surface area contributed by atoms with Gasteiger partial charge < -0.3 is 14.7 Å². The second kappa shape index (κ2) is 17.7. The first-order valence-electron chi connectivity index (χ1n) is 30.7. The Morgan fingerprint density at radius 1 is 0.407 bits per heavy atom. The first-order valence-corrected chi connectivity index (χ1v) is 31.5. The molecule has 3 nitrogen and oxygen atoms in total. The molecule has 3 aliphatic carbocycles. The maximum atomic E-state index is 2.78. The van der Waals surface area contributed by atoms with E-state index >= 15 is 0 Å². The molecule has 81 heavy (non-hydrogen) atoms. The lowest BCUT2D eigenvalue weighted by molar-refractivity contribution is 0.332. The Bertz CT molecular complexity index is 3850. The SMILES string of the molecule is CC(C)(C)c1ccc(N(c2ccccc2)c2cc3c4c(c2)N(c2ccc5c(c2)C(C)(C)CCC5(C)C)c2c(sc5cc6c(cc25)C(C)(C)CCC6(C)C)B4c2cc4c(cc2N3c2ccc(C(C)(C)C)cc2)C(C)(C)CCC4(C)C)cc1. The third-order valence-corrected chi connectivity index (χ3v) is 22.1. The number of hydrogen-bond donors (Lipinski definition) is 0. The van der Waals surface area contributed by atoms with Gasteiger partial charge in [0.1, 0.15) is 0 Å². The predicted octanol–water partition coefficient (Wildman–Crippen LogP) is 20.1. The summed E-state index contributed by atoms with van der Waals surface area (Å²) >= 11 is 2.08. The zero-order chi connectivity index (χ0) is 57.5. The second-order valence-corrected chi connectivity index (χ2v) is 32.5. The van der Waals surface area contributed by atoms with Crippen LogP contribution < -0.4 is 30.4 Å². The van der Waals surface area contributed by atoms with Gasteiger partial charge in [0.2, 0.25) is 0 Å². The van der Waals surface area contributed by atoms with Crippen molar-refractivity contribution in [1.29, 1.82) is 0 Å². The average molecular weight is 1090 g/mol. The van der Waals surface area contributed by atoms with Gasteiger partial charge in [-0.15, -0.1) is 11.3 Å². The lowest BCUT2D eigenvalue weighted by Gasteiger charge is -2.47. The molecule has 0 unspecified atom stereocenters. The molecule has 2 aliphatic heterocycles. The fourth-order valence-electron chi connectivity index (χ4n) is 15.2. The molecule has 7 aromatic carbocycles. The molecule has 0 fully saturated rings. The summed E-state index contributed by atoms with van der Waals surface area (Å²) in [5.74, 6) is 0. The first-order chi connectivity index (χ1) is 37.9. The third-order valence-electron chi connectivity index (χ3n) is 20.9. The van der Waals surface area contributed by atoms with Gasteiger partial charge >= 0.3 is 0 Å². The normalized spacial score (nSPS) is 19.5. The van der Waals surface area contributed by atoms with Crippen molar-refractivity contribution in [3.8, 4) is 0 Å². The van der Waals surface area contributed by atoms with Crippen LogP contribution in [0.1, 0.15) is 208 Å². The number of benzene rings is 7. The lowest BCUT2D eigenvalue weighted by atomic mass is 9.35. The molecule has 5 heteroatoms. The molecule has 0 saturated carbocycles. The van der Waals surface area contributed by atoms with Gasteiger partial charge in [-0.3, -0.25) is 0 Å². The van der Waals surface area contributed by atoms with E-state index in [2.05, 4.69) is 284 Å². The van der Waals surface area contributed by atoms with Crippen molar-refractivity contribution in [3.63, 3.8) is 0 Å². The maximum absolute atomic E-state index is 2.78.